The first-order valence-corrected chi connectivity index (χ1v) is 6.52. The van der Waals surface area contributed by atoms with Crippen LogP contribution in [0, 0.1) is 5.92 Å². The second-order valence-electron chi connectivity index (χ2n) is 5.11. The fraction of sp³-hybridized carbons (Fsp3) is 1.00. The molecule has 0 unspecified atom stereocenters. The van der Waals surface area contributed by atoms with E-state index in [1.54, 1.807) is 0 Å². The summed E-state index contributed by atoms with van der Waals surface area (Å²) in [4.78, 5) is 0. The average molecular weight is 197 g/mol. The Morgan fingerprint density at radius 2 is 1.79 bits per heavy atom. The molecule has 1 saturated carbocycles. The summed E-state index contributed by atoms with van der Waals surface area (Å²) < 4.78 is 0. The van der Waals surface area contributed by atoms with Gasteiger partial charge in [-0.15, -0.1) is 0 Å². The van der Waals surface area contributed by atoms with Crippen molar-refractivity contribution in [2.45, 2.75) is 71.3 Å². The summed E-state index contributed by atoms with van der Waals surface area (Å²) in [5, 5.41) is 3.48. The number of nitrogens with one attached hydrogen (secondary N) is 1. The third-order valence-corrected chi connectivity index (χ3v) is 3.32. The second kappa shape index (κ2) is 7.28. The molecule has 1 aliphatic rings. The van der Waals surface area contributed by atoms with Gasteiger partial charge in [-0.2, -0.15) is 0 Å². The van der Waals surface area contributed by atoms with Crippen LogP contribution in [0.1, 0.15) is 65.2 Å². The van der Waals surface area contributed by atoms with Crippen molar-refractivity contribution in [1.29, 1.82) is 0 Å². The molecule has 0 saturated heterocycles. The first-order valence-electron chi connectivity index (χ1n) is 6.52. The lowest BCUT2D eigenvalue weighted by atomic mass is 9.86. The van der Waals surface area contributed by atoms with Crippen molar-refractivity contribution < 1.29 is 0 Å². The maximum atomic E-state index is 3.48. The molecule has 84 valence electrons. The molecule has 0 aromatic rings. The van der Waals surface area contributed by atoms with Crippen LogP contribution in [0.4, 0.5) is 0 Å². The summed E-state index contributed by atoms with van der Waals surface area (Å²) in [6, 6.07) is 0.657. The number of rotatable bonds is 6. The Hall–Kier alpha value is -0.0400. The molecule has 0 aromatic heterocycles. The lowest BCUT2D eigenvalue weighted by molar-refractivity contribution is 0.328. The van der Waals surface area contributed by atoms with Crippen molar-refractivity contribution in [2.24, 2.45) is 5.92 Å². The van der Waals surface area contributed by atoms with E-state index >= 15 is 0 Å². The monoisotopic (exact) mass is 197 g/mol. The Kier molecular flexibility index (Phi) is 6.25. The van der Waals surface area contributed by atoms with E-state index in [1.165, 1.54) is 57.9 Å². The topological polar surface area (TPSA) is 12.0 Å². The highest BCUT2D eigenvalue weighted by Gasteiger charge is 2.12. The summed E-state index contributed by atoms with van der Waals surface area (Å²) in [6.45, 7) is 5.66. The zero-order valence-electron chi connectivity index (χ0n) is 10.0. The Morgan fingerprint density at radius 3 is 2.43 bits per heavy atom. The highest BCUT2D eigenvalue weighted by molar-refractivity contribution is 4.66. The quantitative estimate of drug-likeness (QED) is 0.640. The predicted octanol–water partition coefficient (Wildman–Crippen LogP) is 3.74. The number of hydrogen-bond acceptors (Lipinski definition) is 1. The van der Waals surface area contributed by atoms with E-state index in [2.05, 4.69) is 19.2 Å². The first-order chi connectivity index (χ1) is 6.79. The Morgan fingerprint density at radius 1 is 1.07 bits per heavy atom. The van der Waals surface area contributed by atoms with Gasteiger partial charge in [-0.05, 0) is 18.9 Å². The lowest BCUT2D eigenvalue weighted by Gasteiger charge is -2.21. The largest absolute Gasteiger partial charge is 0.315 e. The van der Waals surface area contributed by atoms with Gasteiger partial charge in [0.05, 0.1) is 0 Å². The van der Waals surface area contributed by atoms with Gasteiger partial charge in [-0.1, -0.05) is 58.8 Å². The van der Waals surface area contributed by atoms with E-state index in [0.717, 1.165) is 5.92 Å². The minimum absolute atomic E-state index is 0.657. The molecule has 1 nitrogen and oxygen atoms in total. The van der Waals surface area contributed by atoms with Crippen LogP contribution < -0.4 is 5.32 Å². The van der Waals surface area contributed by atoms with Crippen LogP contribution >= 0.6 is 0 Å². The molecular formula is C13H27N. The summed E-state index contributed by atoms with van der Waals surface area (Å²) >= 11 is 0. The van der Waals surface area contributed by atoms with Gasteiger partial charge >= 0.3 is 0 Å². The maximum absolute atomic E-state index is 3.48. The van der Waals surface area contributed by atoms with Gasteiger partial charge in [-0.25, -0.2) is 0 Å². The van der Waals surface area contributed by atoms with Crippen LogP contribution in [-0.4, -0.2) is 12.6 Å². The fourth-order valence-corrected chi connectivity index (χ4v) is 2.42. The van der Waals surface area contributed by atoms with Crippen LogP contribution in [-0.2, 0) is 0 Å². The molecule has 1 aliphatic carbocycles. The van der Waals surface area contributed by atoms with Gasteiger partial charge in [0.2, 0.25) is 0 Å². The van der Waals surface area contributed by atoms with Crippen molar-refractivity contribution in [3.63, 3.8) is 0 Å². The molecule has 1 N–H and O–H groups in total. The van der Waals surface area contributed by atoms with Crippen molar-refractivity contribution in [3.05, 3.63) is 0 Å². The summed E-state index contributed by atoms with van der Waals surface area (Å²) in [5.41, 5.74) is 0. The van der Waals surface area contributed by atoms with E-state index < -0.39 is 0 Å². The van der Waals surface area contributed by atoms with Crippen molar-refractivity contribution in [3.8, 4) is 0 Å². The van der Waals surface area contributed by atoms with Crippen molar-refractivity contribution in [1.82, 2.24) is 5.32 Å². The Balaban J connectivity index is 1.87. The molecule has 1 heteroatoms. The smallest absolute Gasteiger partial charge is 0.00103 e. The zero-order valence-corrected chi connectivity index (χ0v) is 10.0. The van der Waals surface area contributed by atoms with Crippen LogP contribution in [0.25, 0.3) is 0 Å². The van der Waals surface area contributed by atoms with Crippen LogP contribution in [0.3, 0.4) is 0 Å². The number of unbranched alkanes of at least 4 members (excludes halogenated alkanes) is 1. The SMILES string of the molecule is CC(C)NCCCCC1CCCCC1. The van der Waals surface area contributed by atoms with Gasteiger partial charge in [0, 0.05) is 6.04 Å². The minimum atomic E-state index is 0.657. The third kappa shape index (κ3) is 5.64. The molecule has 1 fully saturated rings. The molecule has 0 aromatic carbocycles. The highest BCUT2D eigenvalue weighted by atomic mass is 14.9. The van der Waals surface area contributed by atoms with Gasteiger partial charge in [-0.3, -0.25) is 0 Å². The summed E-state index contributed by atoms with van der Waals surface area (Å²) in [6.07, 6.45) is 11.8. The summed E-state index contributed by atoms with van der Waals surface area (Å²) in [7, 11) is 0. The van der Waals surface area contributed by atoms with Crippen molar-refractivity contribution >= 4 is 0 Å². The van der Waals surface area contributed by atoms with E-state index in [9.17, 15) is 0 Å². The molecule has 0 amide bonds. The number of hydrogen-bond donors (Lipinski definition) is 1. The third-order valence-electron chi connectivity index (χ3n) is 3.32. The molecule has 0 radical (unpaired) electrons. The highest BCUT2D eigenvalue weighted by Crippen LogP contribution is 2.27. The molecule has 0 spiro atoms. The fourth-order valence-electron chi connectivity index (χ4n) is 2.42. The molecule has 0 heterocycles. The van der Waals surface area contributed by atoms with E-state index in [0.29, 0.717) is 6.04 Å². The van der Waals surface area contributed by atoms with Gasteiger partial charge < -0.3 is 5.32 Å². The van der Waals surface area contributed by atoms with Crippen LogP contribution in [0.5, 0.6) is 0 Å². The van der Waals surface area contributed by atoms with Crippen LogP contribution in [0.15, 0.2) is 0 Å². The van der Waals surface area contributed by atoms with Gasteiger partial charge in [0.25, 0.3) is 0 Å². The first kappa shape index (κ1) is 12.0. The predicted molar refractivity (Wildman–Crippen MR) is 63.6 cm³/mol. The minimum Gasteiger partial charge on any atom is -0.315 e. The van der Waals surface area contributed by atoms with Crippen molar-refractivity contribution in [2.75, 3.05) is 6.54 Å². The van der Waals surface area contributed by atoms with Crippen LogP contribution in [0.2, 0.25) is 0 Å². The molecular weight excluding hydrogens is 170 g/mol. The van der Waals surface area contributed by atoms with E-state index in [4.69, 9.17) is 0 Å². The average Bonchev–Trinajstić information content (AvgIpc) is 2.18. The maximum Gasteiger partial charge on any atom is 0.00103 e. The molecule has 0 aliphatic heterocycles. The Bertz CT molecular complexity index is 125. The normalized spacial score (nSPS) is 19.1. The summed E-state index contributed by atoms with van der Waals surface area (Å²) in [5.74, 6) is 1.07. The lowest BCUT2D eigenvalue weighted by Crippen LogP contribution is -2.23. The van der Waals surface area contributed by atoms with Gasteiger partial charge in [0.15, 0.2) is 0 Å². The Labute approximate surface area is 89.7 Å². The van der Waals surface area contributed by atoms with Gasteiger partial charge in [0.1, 0.15) is 0 Å². The van der Waals surface area contributed by atoms with E-state index in [-0.39, 0.29) is 0 Å². The van der Waals surface area contributed by atoms with E-state index in [1.807, 2.05) is 0 Å². The molecule has 0 atom stereocenters. The standard InChI is InChI=1S/C13H27N/c1-12(2)14-11-7-6-10-13-8-4-3-5-9-13/h12-14H,3-11H2,1-2H3. The second-order valence-corrected chi connectivity index (χ2v) is 5.11. The molecule has 14 heavy (non-hydrogen) atoms. The zero-order chi connectivity index (χ0) is 10.2. The molecule has 1 rings (SSSR count). The molecule has 0 bridgehead atoms.